The van der Waals surface area contributed by atoms with Crippen LogP contribution in [0.15, 0.2) is 24.3 Å². The Labute approximate surface area is 121 Å². The van der Waals surface area contributed by atoms with Crippen molar-refractivity contribution in [1.82, 2.24) is 5.32 Å². The maximum Gasteiger partial charge on any atom is 0.258 e. The third kappa shape index (κ3) is 5.61. The first-order chi connectivity index (χ1) is 9.54. The lowest BCUT2D eigenvalue weighted by atomic mass is 10.0. The van der Waals surface area contributed by atoms with Crippen molar-refractivity contribution in [3.63, 3.8) is 0 Å². The monoisotopic (exact) mass is 279 g/mol. The molecule has 0 spiro atoms. The SMILES string of the molecule is CCCC(O)CNC(=O)COc1ccccc1C(C)C. The first-order valence-electron chi connectivity index (χ1n) is 7.21. The molecule has 1 aromatic rings. The molecule has 1 unspecified atom stereocenters. The summed E-state index contributed by atoms with van der Waals surface area (Å²) in [4.78, 5) is 11.7. The van der Waals surface area contributed by atoms with Crippen LogP contribution in [0, 0.1) is 0 Å². The molecule has 0 aliphatic heterocycles. The Bertz CT molecular complexity index is 418. The summed E-state index contributed by atoms with van der Waals surface area (Å²) in [6, 6.07) is 7.73. The Balaban J connectivity index is 2.41. The van der Waals surface area contributed by atoms with Crippen LogP contribution in [0.5, 0.6) is 5.75 Å². The first kappa shape index (κ1) is 16.5. The molecule has 0 saturated heterocycles. The number of hydrogen-bond acceptors (Lipinski definition) is 3. The molecule has 0 radical (unpaired) electrons. The third-order valence-electron chi connectivity index (χ3n) is 3.06. The highest BCUT2D eigenvalue weighted by molar-refractivity contribution is 5.77. The van der Waals surface area contributed by atoms with Gasteiger partial charge in [-0.15, -0.1) is 0 Å². The summed E-state index contributed by atoms with van der Waals surface area (Å²) in [7, 11) is 0. The maximum atomic E-state index is 11.7. The van der Waals surface area contributed by atoms with Gasteiger partial charge in [-0.2, -0.15) is 0 Å². The van der Waals surface area contributed by atoms with Crippen molar-refractivity contribution in [2.45, 2.75) is 45.6 Å². The molecule has 4 heteroatoms. The van der Waals surface area contributed by atoms with Gasteiger partial charge in [0.2, 0.25) is 0 Å². The zero-order valence-corrected chi connectivity index (χ0v) is 12.6. The highest BCUT2D eigenvalue weighted by Crippen LogP contribution is 2.25. The fourth-order valence-electron chi connectivity index (χ4n) is 1.95. The topological polar surface area (TPSA) is 58.6 Å². The molecule has 1 atom stereocenters. The van der Waals surface area contributed by atoms with Crippen LogP contribution in [-0.4, -0.2) is 30.3 Å². The van der Waals surface area contributed by atoms with E-state index in [9.17, 15) is 9.90 Å². The molecule has 0 saturated carbocycles. The van der Waals surface area contributed by atoms with Crippen LogP contribution in [-0.2, 0) is 4.79 Å². The molecule has 1 aromatic carbocycles. The Morgan fingerprint density at radius 3 is 2.70 bits per heavy atom. The summed E-state index contributed by atoms with van der Waals surface area (Å²) in [5, 5.41) is 12.2. The van der Waals surface area contributed by atoms with Gasteiger partial charge in [0.15, 0.2) is 6.61 Å². The molecule has 0 bridgehead atoms. The van der Waals surface area contributed by atoms with E-state index in [-0.39, 0.29) is 19.1 Å². The van der Waals surface area contributed by atoms with E-state index in [0.29, 0.717) is 12.3 Å². The summed E-state index contributed by atoms with van der Waals surface area (Å²) in [5.41, 5.74) is 1.09. The zero-order chi connectivity index (χ0) is 15.0. The number of carbonyl (C=O) groups is 1. The highest BCUT2D eigenvalue weighted by atomic mass is 16.5. The predicted octanol–water partition coefficient (Wildman–Crippen LogP) is 2.47. The molecule has 0 fully saturated rings. The van der Waals surface area contributed by atoms with Crippen molar-refractivity contribution in [1.29, 1.82) is 0 Å². The van der Waals surface area contributed by atoms with E-state index in [1.807, 2.05) is 31.2 Å². The van der Waals surface area contributed by atoms with Crippen molar-refractivity contribution >= 4 is 5.91 Å². The van der Waals surface area contributed by atoms with Gasteiger partial charge in [0, 0.05) is 6.54 Å². The smallest absolute Gasteiger partial charge is 0.258 e. The largest absolute Gasteiger partial charge is 0.483 e. The second-order valence-electron chi connectivity index (χ2n) is 5.23. The number of hydrogen-bond donors (Lipinski definition) is 2. The van der Waals surface area contributed by atoms with Gasteiger partial charge in [-0.1, -0.05) is 45.4 Å². The molecule has 1 rings (SSSR count). The van der Waals surface area contributed by atoms with E-state index in [4.69, 9.17) is 4.74 Å². The van der Waals surface area contributed by atoms with E-state index < -0.39 is 6.10 Å². The van der Waals surface area contributed by atoms with E-state index in [2.05, 4.69) is 19.2 Å². The van der Waals surface area contributed by atoms with Crippen molar-refractivity contribution in [3.05, 3.63) is 29.8 Å². The minimum Gasteiger partial charge on any atom is -0.483 e. The zero-order valence-electron chi connectivity index (χ0n) is 12.6. The minimum absolute atomic E-state index is 0.0252. The van der Waals surface area contributed by atoms with Crippen molar-refractivity contribution in [2.75, 3.05) is 13.2 Å². The lowest BCUT2D eigenvalue weighted by Gasteiger charge is -2.14. The number of aliphatic hydroxyl groups is 1. The van der Waals surface area contributed by atoms with Gasteiger partial charge in [0.25, 0.3) is 5.91 Å². The second kappa shape index (κ2) is 8.59. The maximum absolute atomic E-state index is 11.7. The van der Waals surface area contributed by atoms with Crippen LogP contribution in [0.3, 0.4) is 0 Å². The fourth-order valence-corrected chi connectivity index (χ4v) is 1.95. The quantitative estimate of drug-likeness (QED) is 0.768. The molecule has 0 heterocycles. The summed E-state index contributed by atoms with van der Waals surface area (Å²) in [5.74, 6) is 0.881. The van der Waals surface area contributed by atoms with E-state index >= 15 is 0 Å². The molecular weight excluding hydrogens is 254 g/mol. The first-order valence-corrected chi connectivity index (χ1v) is 7.21. The summed E-state index contributed by atoms with van der Waals surface area (Å²) >= 11 is 0. The standard InChI is InChI=1S/C16H25NO3/c1-4-7-13(18)10-17-16(19)11-20-15-9-6-5-8-14(15)12(2)3/h5-6,8-9,12-13,18H,4,7,10-11H2,1-3H3,(H,17,19). The molecule has 2 N–H and O–H groups in total. The van der Waals surface area contributed by atoms with Crippen molar-refractivity contribution < 1.29 is 14.6 Å². The van der Waals surface area contributed by atoms with Crippen LogP contribution in [0.4, 0.5) is 0 Å². The molecular formula is C16H25NO3. The lowest BCUT2D eigenvalue weighted by Crippen LogP contribution is -2.35. The molecule has 20 heavy (non-hydrogen) atoms. The van der Waals surface area contributed by atoms with Crippen LogP contribution < -0.4 is 10.1 Å². The van der Waals surface area contributed by atoms with E-state index in [0.717, 1.165) is 17.7 Å². The molecule has 0 aliphatic carbocycles. The highest BCUT2D eigenvalue weighted by Gasteiger charge is 2.10. The van der Waals surface area contributed by atoms with Gasteiger partial charge in [-0.05, 0) is 24.0 Å². The number of aliphatic hydroxyl groups excluding tert-OH is 1. The van der Waals surface area contributed by atoms with E-state index in [1.54, 1.807) is 0 Å². The Kier molecular flexibility index (Phi) is 7.09. The predicted molar refractivity (Wildman–Crippen MR) is 80.0 cm³/mol. The number of benzene rings is 1. The normalized spacial score (nSPS) is 12.2. The van der Waals surface area contributed by atoms with Crippen molar-refractivity contribution in [2.24, 2.45) is 0 Å². The van der Waals surface area contributed by atoms with Crippen LogP contribution in [0.2, 0.25) is 0 Å². The third-order valence-corrected chi connectivity index (χ3v) is 3.06. The van der Waals surface area contributed by atoms with Crippen LogP contribution in [0.25, 0.3) is 0 Å². The summed E-state index contributed by atoms with van der Waals surface area (Å²) in [6.07, 6.45) is 1.11. The Morgan fingerprint density at radius 1 is 1.35 bits per heavy atom. The van der Waals surface area contributed by atoms with Crippen LogP contribution >= 0.6 is 0 Å². The number of ether oxygens (including phenoxy) is 1. The Hall–Kier alpha value is -1.55. The van der Waals surface area contributed by atoms with Gasteiger partial charge in [-0.25, -0.2) is 0 Å². The fraction of sp³-hybridized carbons (Fsp3) is 0.562. The van der Waals surface area contributed by atoms with Crippen molar-refractivity contribution in [3.8, 4) is 5.75 Å². The minimum atomic E-state index is -0.480. The van der Waals surface area contributed by atoms with E-state index in [1.165, 1.54) is 0 Å². The van der Waals surface area contributed by atoms with Gasteiger partial charge < -0.3 is 15.2 Å². The van der Waals surface area contributed by atoms with Gasteiger partial charge in [0.1, 0.15) is 5.75 Å². The number of para-hydroxylation sites is 1. The van der Waals surface area contributed by atoms with Gasteiger partial charge in [0.05, 0.1) is 6.10 Å². The molecule has 4 nitrogen and oxygen atoms in total. The summed E-state index contributed by atoms with van der Waals surface area (Å²) < 4.78 is 5.56. The van der Waals surface area contributed by atoms with Crippen LogP contribution in [0.1, 0.15) is 45.1 Å². The number of amides is 1. The number of nitrogens with one attached hydrogen (secondary N) is 1. The average Bonchev–Trinajstić information content (AvgIpc) is 2.43. The second-order valence-corrected chi connectivity index (χ2v) is 5.23. The van der Waals surface area contributed by atoms with Gasteiger partial charge in [-0.3, -0.25) is 4.79 Å². The van der Waals surface area contributed by atoms with Gasteiger partial charge >= 0.3 is 0 Å². The summed E-state index contributed by atoms with van der Waals surface area (Å²) in [6.45, 7) is 6.42. The lowest BCUT2D eigenvalue weighted by molar-refractivity contribution is -0.123. The Morgan fingerprint density at radius 2 is 2.05 bits per heavy atom. The molecule has 0 aliphatic rings. The number of rotatable bonds is 8. The molecule has 1 amide bonds. The number of carbonyl (C=O) groups excluding carboxylic acids is 1. The molecule has 112 valence electrons. The average molecular weight is 279 g/mol. The molecule has 0 aromatic heterocycles.